The van der Waals surface area contributed by atoms with Gasteiger partial charge in [-0.1, -0.05) is 27.5 Å². The van der Waals surface area contributed by atoms with Crippen LogP contribution < -0.4 is 0 Å². The molecule has 0 aliphatic carbocycles. The molecule has 0 aliphatic rings. The molecule has 0 spiro atoms. The lowest BCUT2D eigenvalue weighted by Crippen LogP contribution is -2.01. The first kappa shape index (κ1) is 11.5. The van der Waals surface area contributed by atoms with Crippen LogP contribution in [0.4, 0.5) is 0 Å². The van der Waals surface area contributed by atoms with Crippen molar-refractivity contribution < 1.29 is 5.11 Å². The molecule has 0 aliphatic heterocycles. The maximum atomic E-state index is 10.1. The Morgan fingerprint density at radius 2 is 1.94 bits per heavy atom. The fourth-order valence-corrected chi connectivity index (χ4v) is 1.96. The molecule has 0 radical (unpaired) electrons. The molecule has 5 heteroatoms. The predicted molar refractivity (Wildman–Crippen MR) is 65.2 cm³/mol. The van der Waals surface area contributed by atoms with Crippen molar-refractivity contribution in [3.05, 3.63) is 57.5 Å². The topological polar surface area (TPSA) is 46.0 Å². The Morgan fingerprint density at radius 3 is 2.62 bits per heavy atom. The van der Waals surface area contributed by atoms with Crippen LogP contribution in [-0.4, -0.2) is 15.1 Å². The average Bonchev–Trinajstić information content (AvgIpc) is 2.32. The van der Waals surface area contributed by atoms with Gasteiger partial charge in [0, 0.05) is 33.0 Å². The molecule has 1 atom stereocenters. The average molecular weight is 300 g/mol. The Kier molecular flexibility index (Phi) is 3.53. The quantitative estimate of drug-likeness (QED) is 0.927. The molecule has 82 valence electrons. The van der Waals surface area contributed by atoms with Crippen molar-refractivity contribution in [3.63, 3.8) is 0 Å². The van der Waals surface area contributed by atoms with Crippen LogP contribution >= 0.6 is 27.5 Å². The largest absolute Gasteiger partial charge is 0.383 e. The van der Waals surface area contributed by atoms with Crippen molar-refractivity contribution in [1.29, 1.82) is 0 Å². The maximum absolute atomic E-state index is 10.1. The van der Waals surface area contributed by atoms with E-state index in [1.165, 1.54) is 6.33 Å². The third-order valence-corrected chi connectivity index (χ3v) is 2.99. The zero-order valence-corrected chi connectivity index (χ0v) is 10.5. The zero-order chi connectivity index (χ0) is 11.5. The van der Waals surface area contributed by atoms with Gasteiger partial charge in [-0.3, -0.25) is 0 Å². The van der Waals surface area contributed by atoms with Gasteiger partial charge in [0.1, 0.15) is 12.4 Å². The summed E-state index contributed by atoms with van der Waals surface area (Å²) in [7, 11) is 0. The van der Waals surface area contributed by atoms with Crippen molar-refractivity contribution in [2.75, 3.05) is 0 Å². The van der Waals surface area contributed by atoms with Crippen molar-refractivity contribution >= 4 is 27.5 Å². The van der Waals surface area contributed by atoms with Crippen LogP contribution in [0.15, 0.2) is 41.4 Å². The van der Waals surface area contributed by atoms with Gasteiger partial charge in [0.2, 0.25) is 0 Å². The van der Waals surface area contributed by atoms with Gasteiger partial charge < -0.3 is 5.11 Å². The van der Waals surface area contributed by atoms with Crippen LogP contribution in [0.3, 0.4) is 0 Å². The Morgan fingerprint density at radius 1 is 1.25 bits per heavy atom. The minimum Gasteiger partial charge on any atom is -0.383 e. The zero-order valence-electron chi connectivity index (χ0n) is 8.14. The summed E-state index contributed by atoms with van der Waals surface area (Å²) in [4.78, 5) is 7.71. The highest BCUT2D eigenvalue weighted by atomic mass is 79.9. The molecule has 1 unspecified atom stereocenters. The second-order valence-corrected chi connectivity index (χ2v) is 4.56. The van der Waals surface area contributed by atoms with Gasteiger partial charge in [-0.05, 0) is 18.2 Å². The van der Waals surface area contributed by atoms with E-state index >= 15 is 0 Å². The summed E-state index contributed by atoms with van der Waals surface area (Å²) in [5, 5.41) is 10.6. The fraction of sp³-hybridized carbons (Fsp3) is 0.0909. The third-order valence-electron chi connectivity index (χ3n) is 2.15. The van der Waals surface area contributed by atoms with Crippen molar-refractivity contribution in [2.24, 2.45) is 0 Å². The lowest BCUT2D eigenvalue weighted by molar-refractivity contribution is 0.219. The van der Waals surface area contributed by atoms with Gasteiger partial charge in [0.15, 0.2) is 0 Å². The molecule has 0 bridgehead atoms. The van der Waals surface area contributed by atoms with E-state index in [1.807, 2.05) is 6.07 Å². The number of halogens is 2. The molecule has 0 amide bonds. The Labute approximate surface area is 106 Å². The molecule has 2 rings (SSSR count). The normalized spacial score (nSPS) is 12.4. The lowest BCUT2D eigenvalue weighted by Gasteiger charge is -2.12. The molecule has 1 heterocycles. The fourth-order valence-electron chi connectivity index (χ4n) is 1.36. The summed E-state index contributed by atoms with van der Waals surface area (Å²) in [6.07, 6.45) is 3.73. The number of hydrogen-bond donors (Lipinski definition) is 1. The number of aliphatic hydroxyl groups is 1. The Hall–Kier alpha value is -0.970. The summed E-state index contributed by atoms with van der Waals surface area (Å²) < 4.78 is 0.864. The molecule has 1 N–H and O–H groups in total. The minimum atomic E-state index is -0.814. The molecule has 1 aromatic heterocycles. The van der Waals surface area contributed by atoms with Crippen molar-refractivity contribution in [3.8, 4) is 0 Å². The van der Waals surface area contributed by atoms with Gasteiger partial charge in [0.25, 0.3) is 0 Å². The van der Waals surface area contributed by atoms with Crippen LogP contribution in [0.25, 0.3) is 0 Å². The second-order valence-electron chi connectivity index (χ2n) is 3.24. The molecular weight excluding hydrogens is 291 g/mol. The molecule has 2 aromatic rings. The van der Waals surface area contributed by atoms with E-state index in [0.29, 0.717) is 16.1 Å². The highest BCUT2D eigenvalue weighted by Crippen LogP contribution is 2.29. The number of benzene rings is 1. The Bertz CT molecular complexity index is 493. The standard InChI is InChI=1S/C11H8BrClN2O/c12-8-1-2-10(13)9(3-8)11(16)7-4-14-6-15-5-7/h1-6,11,16H. The summed E-state index contributed by atoms with van der Waals surface area (Å²) in [6.45, 7) is 0. The van der Waals surface area contributed by atoms with Crippen LogP contribution in [0.1, 0.15) is 17.2 Å². The van der Waals surface area contributed by atoms with Gasteiger partial charge in [0.05, 0.1) is 0 Å². The lowest BCUT2D eigenvalue weighted by atomic mass is 10.0. The van der Waals surface area contributed by atoms with Crippen molar-refractivity contribution in [2.45, 2.75) is 6.10 Å². The molecular formula is C11H8BrClN2O. The molecule has 1 aromatic carbocycles. The molecule has 3 nitrogen and oxygen atoms in total. The van der Waals surface area contributed by atoms with Crippen LogP contribution in [-0.2, 0) is 0 Å². The van der Waals surface area contributed by atoms with Crippen LogP contribution in [0.5, 0.6) is 0 Å². The van der Waals surface area contributed by atoms with Gasteiger partial charge in [-0.15, -0.1) is 0 Å². The molecule has 0 saturated heterocycles. The molecule has 0 saturated carbocycles. The first-order valence-corrected chi connectivity index (χ1v) is 5.73. The predicted octanol–water partition coefficient (Wildman–Crippen LogP) is 2.97. The molecule has 16 heavy (non-hydrogen) atoms. The maximum Gasteiger partial charge on any atom is 0.115 e. The number of aromatic nitrogens is 2. The van der Waals surface area contributed by atoms with E-state index in [1.54, 1.807) is 24.5 Å². The summed E-state index contributed by atoms with van der Waals surface area (Å²) >= 11 is 9.36. The minimum absolute atomic E-state index is 0.513. The number of aliphatic hydroxyl groups excluding tert-OH is 1. The third kappa shape index (κ3) is 2.40. The first-order chi connectivity index (χ1) is 7.68. The van der Waals surface area contributed by atoms with Crippen LogP contribution in [0.2, 0.25) is 5.02 Å². The highest BCUT2D eigenvalue weighted by Gasteiger charge is 2.14. The van der Waals surface area contributed by atoms with Crippen LogP contribution in [0, 0.1) is 0 Å². The SMILES string of the molecule is OC(c1cncnc1)c1cc(Br)ccc1Cl. The molecule has 0 fully saturated rings. The summed E-state index contributed by atoms with van der Waals surface area (Å²) in [6, 6.07) is 5.33. The second kappa shape index (κ2) is 4.91. The van der Waals surface area contributed by atoms with E-state index in [4.69, 9.17) is 11.6 Å². The van der Waals surface area contributed by atoms with Gasteiger partial charge in [-0.2, -0.15) is 0 Å². The smallest absolute Gasteiger partial charge is 0.115 e. The number of nitrogens with zero attached hydrogens (tertiary/aromatic N) is 2. The number of rotatable bonds is 2. The van der Waals surface area contributed by atoms with E-state index < -0.39 is 6.10 Å². The number of hydrogen-bond acceptors (Lipinski definition) is 3. The van der Waals surface area contributed by atoms with Gasteiger partial charge in [-0.25, -0.2) is 9.97 Å². The first-order valence-electron chi connectivity index (χ1n) is 4.56. The van der Waals surface area contributed by atoms with E-state index in [2.05, 4.69) is 25.9 Å². The Balaban J connectivity index is 2.41. The monoisotopic (exact) mass is 298 g/mol. The van der Waals surface area contributed by atoms with Gasteiger partial charge >= 0.3 is 0 Å². The van der Waals surface area contributed by atoms with Crippen molar-refractivity contribution in [1.82, 2.24) is 9.97 Å². The summed E-state index contributed by atoms with van der Waals surface area (Å²) in [5.41, 5.74) is 1.24. The van der Waals surface area contributed by atoms with E-state index in [0.717, 1.165) is 4.47 Å². The summed E-state index contributed by atoms with van der Waals surface area (Å²) in [5.74, 6) is 0. The van der Waals surface area contributed by atoms with E-state index in [-0.39, 0.29) is 0 Å². The van der Waals surface area contributed by atoms with E-state index in [9.17, 15) is 5.11 Å². The highest BCUT2D eigenvalue weighted by molar-refractivity contribution is 9.10.